The van der Waals surface area contributed by atoms with Crippen molar-refractivity contribution in [2.45, 2.75) is 4.90 Å². The molecule has 0 heterocycles. The molecule has 0 aliphatic heterocycles. The molecule has 3 nitrogen and oxygen atoms in total. The summed E-state index contributed by atoms with van der Waals surface area (Å²) in [6.07, 6.45) is 0. The van der Waals surface area contributed by atoms with E-state index in [4.69, 9.17) is 28.3 Å². The highest BCUT2D eigenvalue weighted by Gasteiger charge is 2.14. The lowest BCUT2D eigenvalue weighted by Gasteiger charge is -2.01. The Bertz CT molecular complexity index is 423. The molecule has 2 N–H and O–H groups in total. The molecule has 7 heteroatoms. The van der Waals surface area contributed by atoms with E-state index in [-0.39, 0.29) is 14.9 Å². The predicted octanol–water partition coefficient (Wildman–Crippen LogP) is 1.78. The molecule has 0 fully saturated rings. The Morgan fingerprint density at radius 3 is 1.92 bits per heavy atom. The van der Waals surface area contributed by atoms with Crippen molar-refractivity contribution >= 4 is 33.2 Å². The normalized spacial score (nSPS) is 11.7. The first kappa shape index (κ1) is 10.7. The zero-order chi connectivity index (χ0) is 10.2. The molecule has 1 aromatic rings. The lowest BCUT2D eigenvalue weighted by Crippen LogP contribution is -2.12. The van der Waals surface area contributed by atoms with Crippen LogP contribution in [0.25, 0.3) is 0 Å². The van der Waals surface area contributed by atoms with Gasteiger partial charge < -0.3 is 0 Å². The molecule has 1 aromatic carbocycles. The van der Waals surface area contributed by atoms with Gasteiger partial charge in [0.2, 0.25) is 10.0 Å². The smallest absolute Gasteiger partial charge is 0.225 e. The van der Waals surface area contributed by atoms with Crippen molar-refractivity contribution in [2.75, 3.05) is 0 Å². The number of nitrogens with two attached hydrogens (primary N) is 1. The fourth-order valence-electron chi connectivity index (χ4n) is 0.697. The molecule has 0 atom stereocenters. The summed E-state index contributed by atoms with van der Waals surface area (Å²) < 4.78 is 34.4. The fourth-order valence-corrected chi connectivity index (χ4v) is 1.88. The molecule has 0 aromatic heterocycles. The number of sulfonamides is 1. The standard InChI is InChI=1S/C6H4Cl2FNO2S/c7-4-1-3(13(10,11)12)2-5(8)6(4)9/h1-2H,(H2,10,11,12). The van der Waals surface area contributed by atoms with E-state index in [1.54, 1.807) is 0 Å². The number of primary sulfonamides is 1. The number of rotatable bonds is 1. The summed E-state index contributed by atoms with van der Waals surface area (Å²) in [5.74, 6) is -0.865. The average molecular weight is 244 g/mol. The van der Waals surface area contributed by atoms with E-state index in [1.165, 1.54) is 0 Å². The van der Waals surface area contributed by atoms with Crippen molar-refractivity contribution in [3.8, 4) is 0 Å². The largest absolute Gasteiger partial charge is 0.238 e. The van der Waals surface area contributed by atoms with Crippen LogP contribution >= 0.6 is 23.2 Å². The topological polar surface area (TPSA) is 60.2 Å². The summed E-state index contributed by atoms with van der Waals surface area (Å²) in [4.78, 5) is -0.316. The van der Waals surface area contributed by atoms with Crippen LogP contribution in [0.2, 0.25) is 10.0 Å². The molecule has 0 spiro atoms. The van der Waals surface area contributed by atoms with Crippen molar-refractivity contribution in [1.82, 2.24) is 0 Å². The molecule has 72 valence electrons. The first-order chi connectivity index (χ1) is 5.82. The fraction of sp³-hybridized carbons (Fsp3) is 0. The minimum atomic E-state index is -3.90. The van der Waals surface area contributed by atoms with Gasteiger partial charge in [-0.2, -0.15) is 0 Å². The van der Waals surface area contributed by atoms with Gasteiger partial charge in [-0.05, 0) is 12.1 Å². The van der Waals surface area contributed by atoms with E-state index in [0.29, 0.717) is 0 Å². The van der Waals surface area contributed by atoms with E-state index >= 15 is 0 Å². The minimum absolute atomic E-state index is 0.316. The van der Waals surface area contributed by atoms with Crippen LogP contribution in [0.5, 0.6) is 0 Å². The average Bonchev–Trinajstić information content (AvgIpc) is 1.97. The molecule has 13 heavy (non-hydrogen) atoms. The van der Waals surface area contributed by atoms with Gasteiger partial charge in [-0.25, -0.2) is 17.9 Å². The van der Waals surface area contributed by atoms with E-state index in [0.717, 1.165) is 12.1 Å². The summed E-state index contributed by atoms with van der Waals surface area (Å²) in [5, 5.41) is 4.02. The summed E-state index contributed by atoms with van der Waals surface area (Å²) in [6, 6.07) is 1.80. The van der Waals surface area contributed by atoms with Crippen molar-refractivity contribution < 1.29 is 12.8 Å². The Hall–Kier alpha value is -0.360. The second-order valence-electron chi connectivity index (χ2n) is 2.25. The summed E-state index contributed by atoms with van der Waals surface area (Å²) in [7, 11) is -3.90. The third-order valence-corrected chi connectivity index (χ3v) is 2.73. The molecule has 0 amide bonds. The second kappa shape index (κ2) is 3.42. The predicted molar refractivity (Wildman–Crippen MR) is 47.8 cm³/mol. The first-order valence-corrected chi connectivity index (χ1v) is 5.30. The van der Waals surface area contributed by atoms with Gasteiger partial charge >= 0.3 is 0 Å². The quantitative estimate of drug-likeness (QED) is 0.765. The monoisotopic (exact) mass is 243 g/mol. The maximum absolute atomic E-state index is 12.8. The van der Waals surface area contributed by atoms with Crippen LogP contribution in [0.4, 0.5) is 4.39 Å². The summed E-state index contributed by atoms with van der Waals surface area (Å²) in [5.41, 5.74) is 0. The molecular formula is C6H4Cl2FNO2S. The molecule has 0 bridgehead atoms. The number of benzene rings is 1. The van der Waals surface area contributed by atoms with Gasteiger partial charge in [0.25, 0.3) is 0 Å². The molecule has 0 saturated heterocycles. The molecule has 0 radical (unpaired) electrons. The van der Waals surface area contributed by atoms with Gasteiger partial charge in [-0.15, -0.1) is 0 Å². The Balaban J connectivity index is 3.47. The SMILES string of the molecule is NS(=O)(=O)c1cc(Cl)c(F)c(Cl)c1. The zero-order valence-electron chi connectivity index (χ0n) is 6.09. The maximum atomic E-state index is 12.8. The molecule has 0 aliphatic rings. The molecule has 1 rings (SSSR count). The summed E-state index contributed by atoms with van der Waals surface area (Å²) >= 11 is 10.7. The Morgan fingerprint density at radius 2 is 1.62 bits per heavy atom. The number of halogens is 3. The van der Waals surface area contributed by atoms with Crippen LogP contribution in [0.3, 0.4) is 0 Å². The van der Waals surface area contributed by atoms with Crippen LogP contribution in [0.1, 0.15) is 0 Å². The molecule has 0 aliphatic carbocycles. The summed E-state index contributed by atoms with van der Waals surface area (Å²) in [6.45, 7) is 0. The Kier molecular flexibility index (Phi) is 2.82. The third kappa shape index (κ3) is 2.31. The van der Waals surface area contributed by atoms with Crippen molar-refractivity contribution in [2.24, 2.45) is 5.14 Å². The van der Waals surface area contributed by atoms with Crippen LogP contribution in [0.15, 0.2) is 17.0 Å². The van der Waals surface area contributed by atoms with Crippen molar-refractivity contribution in [3.63, 3.8) is 0 Å². The van der Waals surface area contributed by atoms with Crippen LogP contribution in [-0.2, 0) is 10.0 Å². The lowest BCUT2D eigenvalue weighted by molar-refractivity contribution is 0.596. The Morgan fingerprint density at radius 1 is 1.23 bits per heavy atom. The highest BCUT2D eigenvalue weighted by atomic mass is 35.5. The van der Waals surface area contributed by atoms with E-state index in [2.05, 4.69) is 0 Å². The minimum Gasteiger partial charge on any atom is -0.225 e. The number of hydrogen-bond acceptors (Lipinski definition) is 2. The Labute approximate surface area is 84.3 Å². The molecule has 0 saturated carbocycles. The van der Waals surface area contributed by atoms with Crippen LogP contribution < -0.4 is 5.14 Å². The van der Waals surface area contributed by atoms with Gasteiger partial charge in [0.05, 0.1) is 14.9 Å². The van der Waals surface area contributed by atoms with Crippen molar-refractivity contribution in [1.29, 1.82) is 0 Å². The van der Waals surface area contributed by atoms with Gasteiger partial charge in [-0.3, -0.25) is 0 Å². The maximum Gasteiger partial charge on any atom is 0.238 e. The second-order valence-corrected chi connectivity index (χ2v) is 4.62. The van der Waals surface area contributed by atoms with Gasteiger partial charge in [-0.1, -0.05) is 23.2 Å². The van der Waals surface area contributed by atoms with E-state index in [1.807, 2.05) is 0 Å². The van der Waals surface area contributed by atoms with Crippen molar-refractivity contribution in [3.05, 3.63) is 28.0 Å². The van der Waals surface area contributed by atoms with Crippen LogP contribution in [0, 0.1) is 5.82 Å². The highest BCUT2D eigenvalue weighted by Crippen LogP contribution is 2.26. The van der Waals surface area contributed by atoms with Gasteiger partial charge in [0, 0.05) is 0 Å². The first-order valence-electron chi connectivity index (χ1n) is 2.99. The highest BCUT2D eigenvalue weighted by molar-refractivity contribution is 7.89. The van der Waals surface area contributed by atoms with E-state index < -0.39 is 15.8 Å². The molecule has 0 unspecified atom stereocenters. The van der Waals surface area contributed by atoms with Crippen LogP contribution in [-0.4, -0.2) is 8.42 Å². The third-order valence-electron chi connectivity index (χ3n) is 1.29. The molecular weight excluding hydrogens is 240 g/mol. The van der Waals surface area contributed by atoms with Gasteiger partial charge in [0.1, 0.15) is 0 Å². The van der Waals surface area contributed by atoms with E-state index in [9.17, 15) is 12.8 Å². The number of hydrogen-bond donors (Lipinski definition) is 1. The lowest BCUT2D eigenvalue weighted by atomic mass is 10.3. The zero-order valence-corrected chi connectivity index (χ0v) is 8.42. The van der Waals surface area contributed by atoms with Gasteiger partial charge in [0.15, 0.2) is 5.82 Å².